The van der Waals surface area contributed by atoms with Gasteiger partial charge in [-0.1, -0.05) is 25.2 Å². The van der Waals surface area contributed by atoms with Crippen molar-refractivity contribution in [1.82, 2.24) is 15.6 Å². The van der Waals surface area contributed by atoms with Gasteiger partial charge in [-0.3, -0.25) is 15.1 Å². The maximum absolute atomic E-state index is 15.0. The molecule has 1 fully saturated rings. The van der Waals surface area contributed by atoms with Crippen LogP contribution >= 0.6 is 0 Å². The predicted molar refractivity (Wildman–Crippen MR) is 171 cm³/mol. The fraction of sp³-hybridized carbons (Fsp3) is 0.412. The SMILES string of the molecule is C/C=C(\C=C/C(C)CNCOCC(=O)Nc1ccc(Oc2ccnc3cc(OCC4CCNCC4)c(OC)cc23)c(F)c1)C(F)(F)F. The third-order valence-electron chi connectivity index (χ3n) is 7.50. The Morgan fingerprint density at radius 2 is 1.89 bits per heavy atom. The number of anilines is 1. The van der Waals surface area contributed by atoms with E-state index in [2.05, 4.69) is 20.9 Å². The van der Waals surface area contributed by atoms with Gasteiger partial charge in [-0.25, -0.2) is 4.39 Å². The molecule has 1 amide bonds. The largest absolute Gasteiger partial charge is 0.493 e. The standard InChI is InChI=1S/C34H40F4N4O5/c1-4-24(34(36,37)38)6-5-22(2)18-40-21-45-20-33(43)42-25-7-8-30(27(35)15-25)47-29-11-14-41-28-17-32(31(44-3)16-26(28)29)46-19-23-9-12-39-13-10-23/h4-8,11,14-17,22-23,39-40H,9-10,12-13,18-21H2,1-3H3,(H,42,43)/b6-5-,24-4+. The number of carbonyl (C=O) groups is 1. The fourth-order valence-electron chi connectivity index (χ4n) is 4.92. The second kappa shape index (κ2) is 17.1. The first-order valence-electron chi connectivity index (χ1n) is 15.3. The van der Waals surface area contributed by atoms with Crippen LogP contribution in [-0.4, -0.2) is 63.8 Å². The third-order valence-corrected chi connectivity index (χ3v) is 7.50. The number of carbonyl (C=O) groups excluding carboxylic acids is 1. The number of benzene rings is 2. The van der Waals surface area contributed by atoms with Crippen molar-refractivity contribution in [3.05, 3.63) is 72.2 Å². The molecule has 1 aromatic heterocycles. The highest BCUT2D eigenvalue weighted by Crippen LogP contribution is 2.38. The first-order chi connectivity index (χ1) is 22.6. The van der Waals surface area contributed by atoms with Crippen LogP contribution in [0.15, 0.2) is 66.4 Å². The van der Waals surface area contributed by atoms with Gasteiger partial charge in [-0.15, -0.1) is 0 Å². The lowest BCUT2D eigenvalue weighted by Crippen LogP contribution is -2.30. The molecule has 0 aliphatic carbocycles. The van der Waals surface area contributed by atoms with Gasteiger partial charge in [0.25, 0.3) is 0 Å². The summed E-state index contributed by atoms with van der Waals surface area (Å²) in [6.07, 6.45) is 2.74. The quantitative estimate of drug-likeness (QED) is 0.0712. The number of piperidine rings is 1. The molecule has 9 nitrogen and oxygen atoms in total. The molecule has 47 heavy (non-hydrogen) atoms. The number of fused-ring (bicyclic) bond motifs is 1. The van der Waals surface area contributed by atoms with Crippen LogP contribution < -0.4 is 30.2 Å². The molecule has 2 aromatic carbocycles. The molecule has 3 aromatic rings. The number of hydrogen-bond acceptors (Lipinski definition) is 8. The Hall–Kier alpha value is -4.20. The van der Waals surface area contributed by atoms with Gasteiger partial charge in [-0.2, -0.15) is 13.2 Å². The first kappa shape index (κ1) is 35.7. The summed E-state index contributed by atoms with van der Waals surface area (Å²) in [5, 5.41) is 9.42. The van der Waals surface area contributed by atoms with E-state index in [4.69, 9.17) is 18.9 Å². The van der Waals surface area contributed by atoms with Crippen LogP contribution in [0.4, 0.5) is 23.2 Å². The van der Waals surface area contributed by atoms with Crippen molar-refractivity contribution in [3.63, 3.8) is 0 Å². The van der Waals surface area contributed by atoms with Crippen molar-refractivity contribution in [2.45, 2.75) is 32.9 Å². The molecule has 0 saturated carbocycles. The van der Waals surface area contributed by atoms with E-state index in [1.54, 1.807) is 38.4 Å². The smallest absolute Gasteiger partial charge is 0.416 e. The zero-order valence-corrected chi connectivity index (χ0v) is 26.6. The van der Waals surface area contributed by atoms with Gasteiger partial charge in [0.2, 0.25) is 5.91 Å². The molecule has 1 aliphatic rings. The molecule has 2 heterocycles. The molecule has 254 valence electrons. The number of halogens is 4. The highest BCUT2D eigenvalue weighted by atomic mass is 19.4. The Kier molecular flexibility index (Phi) is 13.0. The Morgan fingerprint density at radius 3 is 2.60 bits per heavy atom. The van der Waals surface area contributed by atoms with E-state index in [0.717, 1.165) is 44.1 Å². The molecule has 1 unspecified atom stereocenters. The summed E-state index contributed by atoms with van der Waals surface area (Å²) in [7, 11) is 1.55. The molecule has 0 bridgehead atoms. The number of pyridine rings is 1. The van der Waals surface area contributed by atoms with Gasteiger partial charge < -0.3 is 29.6 Å². The number of alkyl halides is 3. The maximum atomic E-state index is 15.0. The number of rotatable bonds is 15. The lowest BCUT2D eigenvalue weighted by atomic mass is 9.99. The number of hydrogen-bond donors (Lipinski definition) is 3. The summed E-state index contributed by atoms with van der Waals surface area (Å²) in [6.45, 7) is 5.62. The molecule has 1 atom stereocenters. The number of amides is 1. The summed E-state index contributed by atoms with van der Waals surface area (Å²) in [4.78, 5) is 16.7. The minimum absolute atomic E-state index is 0.000982. The van der Waals surface area contributed by atoms with Gasteiger partial charge in [0.1, 0.15) is 12.4 Å². The van der Waals surface area contributed by atoms with Crippen LogP contribution in [0, 0.1) is 17.7 Å². The molecular weight excluding hydrogens is 620 g/mol. The topological polar surface area (TPSA) is 103 Å². The molecule has 4 rings (SSSR count). The fourth-order valence-corrected chi connectivity index (χ4v) is 4.92. The molecule has 3 N–H and O–H groups in total. The number of nitrogens with zero attached hydrogens (tertiary/aromatic N) is 1. The Bertz CT molecular complexity index is 1560. The number of aromatic nitrogens is 1. The van der Waals surface area contributed by atoms with Gasteiger partial charge in [0, 0.05) is 35.9 Å². The molecule has 1 aliphatic heterocycles. The molecule has 1 saturated heterocycles. The predicted octanol–water partition coefficient (Wildman–Crippen LogP) is 6.76. The van der Waals surface area contributed by atoms with Gasteiger partial charge >= 0.3 is 6.18 Å². The summed E-state index contributed by atoms with van der Waals surface area (Å²) < 4.78 is 76.3. The van der Waals surface area contributed by atoms with Crippen molar-refractivity contribution in [2.24, 2.45) is 11.8 Å². The van der Waals surface area contributed by atoms with Crippen LogP contribution in [0.25, 0.3) is 10.9 Å². The van der Waals surface area contributed by atoms with Crippen molar-refractivity contribution < 1.29 is 41.3 Å². The lowest BCUT2D eigenvalue weighted by Gasteiger charge is -2.23. The number of methoxy groups -OCH3 is 1. The summed E-state index contributed by atoms with van der Waals surface area (Å²) >= 11 is 0. The third kappa shape index (κ3) is 10.7. The van der Waals surface area contributed by atoms with Gasteiger partial charge in [0.15, 0.2) is 23.1 Å². The number of nitrogens with one attached hydrogen (secondary N) is 3. The van der Waals surface area contributed by atoms with Crippen molar-refractivity contribution in [1.29, 1.82) is 0 Å². The minimum atomic E-state index is -4.40. The molecule has 13 heteroatoms. The van der Waals surface area contributed by atoms with Crippen LogP contribution in [-0.2, 0) is 9.53 Å². The first-order valence-corrected chi connectivity index (χ1v) is 15.3. The van der Waals surface area contributed by atoms with Crippen LogP contribution in [0.1, 0.15) is 26.7 Å². The second-order valence-corrected chi connectivity index (χ2v) is 11.2. The summed E-state index contributed by atoms with van der Waals surface area (Å²) in [5.41, 5.74) is 0.0800. The Balaban J connectivity index is 1.28. The minimum Gasteiger partial charge on any atom is -0.493 e. The average Bonchev–Trinajstić information content (AvgIpc) is 3.04. The highest BCUT2D eigenvalue weighted by molar-refractivity contribution is 5.92. The van der Waals surface area contributed by atoms with E-state index in [9.17, 15) is 18.0 Å². The zero-order chi connectivity index (χ0) is 33.8. The number of allylic oxidation sites excluding steroid dienone is 3. The Morgan fingerprint density at radius 1 is 1.11 bits per heavy atom. The van der Waals surface area contributed by atoms with Crippen molar-refractivity contribution in [3.8, 4) is 23.0 Å². The maximum Gasteiger partial charge on any atom is 0.416 e. The van der Waals surface area contributed by atoms with E-state index in [1.165, 1.54) is 25.1 Å². The highest BCUT2D eigenvalue weighted by Gasteiger charge is 2.30. The van der Waals surface area contributed by atoms with Gasteiger partial charge in [0.05, 0.1) is 31.5 Å². The molecule has 0 radical (unpaired) electrons. The van der Waals surface area contributed by atoms with E-state index in [-0.39, 0.29) is 30.7 Å². The van der Waals surface area contributed by atoms with Crippen molar-refractivity contribution >= 4 is 22.5 Å². The second-order valence-electron chi connectivity index (χ2n) is 11.2. The zero-order valence-electron chi connectivity index (χ0n) is 26.6. The van der Waals surface area contributed by atoms with Gasteiger partial charge in [-0.05, 0) is 69.0 Å². The van der Waals surface area contributed by atoms with Crippen LogP contribution in [0.5, 0.6) is 23.0 Å². The van der Waals surface area contributed by atoms with E-state index >= 15 is 4.39 Å². The molecular formula is C34H40F4N4O5. The summed E-state index contributed by atoms with van der Waals surface area (Å²) in [6, 6.07) is 9.19. The molecule has 0 spiro atoms. The van der Waals surface area contributed by atoms with E-state index in [0.29, 0.717) is 47.2 Å². The lowest BCUT2D eigenvalue weighted by molar-refractivity contribution is -0.120. The van der Waals surface area contributed by atoms with E-state index < -0.39 is 23.5 Å². The van der Waals surface area contributed by atoms with Crippen LogP contribution in [0.2, 0.25) is 0 Å². The monoisotopic (exact) mass is 660 g/mol. The normalized spacial score (nSPS) is 15.2. The van der Waals surface area contributed by atoms with E-state index in [1.807, 2.05) is 0 Å². The number of ether oxygens (including phenoxy) is 4. The Labute approximate surface area is 271 Å². The average molecular weight is 661 g/mol. The van der Waals surface area contributed by atoms with Crippen molar-refractivity contribution in [2.75, 3.05) is 52.0 Å². The van der Waals surface area contributed by atoms with Crippen LogP contribution in [0.3, 0.4) is 0 Å². The summed E-state index contributed by atoms with van der Waals surface area (Å²) in [5.74, 6) is 0.432.